The van der Waals surface area contributed by atoms with Crippen LogP contribution < -0.4 is 5.73 Å². The summed E-state index contributed by atoms with van der Waals surface area (Å²) < 4.78 is 13.5. The zero-order valence-electron chi connectivity index (χ0n) is 10.0. The molecule has 2 nitrogen and oxygen atoms in total. The summed E-state index contributed by atoms with van der Waals surface area (Å²) in [5.74, 6) is 0.0285. The van der Waals surface area contributed by atoms with Crippen LogP contribution in [-0.2, 0) is 5.75 Å². The minimum Gasteiger partial charge on any atom is -0.378 e. The van der Waals surface area contributed by atoms with E-state index in [-0.39, 0.29) is 5.82 Å². The molecule has 5 heteroatoms. The molecule has 0 amide bonds. The van der Waals surface area contributed by atoms with Crippen LogP contribution >= 0.6 is 23.4 Å². The molecular weight excluding hydrogens is 283 g/mol. The molecule has 2 rings (SSSR count). The van der Waals surface area contributed by atoms with Gasteiger partial charge in [-0.05, 0) is 24.3 Å². The lowest BCUT2D eigenvalue weighted by Crippen LogP contribution is -2.06. The molecule has 0 heterocycles. The van der Waals surface area contributed by atoms with E-state index in [1.807, 2.05) is 30.3 Å². The predicted octanol–water partition coefficient (Wildman–Crippen LogP) is 4.36. The van der Waals surface area contributed by atoms with Gasteiger partial charge in [-0.25, -0.2) is 9.38 Å². The Balaban J connectivity index is 2.05. The molecule has 2 N–H and O–H groups in total. The van der Waals surface area contributed by atoms with Gasteiger partial charge in [0.25, 0.3) is 0 Å². The van der Waals surface area contributed by atoms with Gasteiger partial charge in [0.15, 0.2) is 5.17 Å². The van der Waals surface area contributed by atoms with Crippen LogP contribution in [0.15, 0.2) is 53.5 Å². The van der Waals surface area contributed by atoms with Crippen LogP contribution in [0.5, 0.6) is 0 Å². The molecule has 0 spiro atoms. The first-order chi connectivity index (χ1) is 9.16. The van der Waals surface area contributed by atoms with E-state index in [0.29, 0.717) is 21.5 Å². The fourth-order valence-electron chi connectivity index (χ4n) is 1.48. The van der Waals surface area contributed by atoms with Crippen LogP contribution in [-0.4, -0.2) is 5.17 Å². The average Bonchev–Trinajstić information content (AvgIpc) is 2.39. The zero-order chi connectivity index (χ0) is 13.7. The lowest BCUT2D eigenvalue weighted by molar-refractivity contribution is 0.617. The highest BCUT2D eigenvalue weighted by molar-refractivity contribution is 8.13. The molecule has 0 aliphatic rings. The Hall–Kier alpha value is -1.52. The van der Waals surface area contributed by atoms with Crippen molar-refractivity contribution < 1.29 is 4.39 Å². The van der Waals surface area contributed by atoms with E-state index in [0.717, 1.165) is 5.69 Å². The van der Waals surface area contributed by atoms with Gasteiger partial charge in [-0.3, -0.25) is 0 Å². The van der Waals surface area contributed by atoms with Gasteiger partial charge in [0.2, 0.25) is 0 Å². The number of nitrogens with two attached hydrogens (primary N) is 1. The second kappa shape index (κ2) is 6.59. The Bertz CT molecular complexity index is 567. The third-order valence-corrected chi connectivity index (χ3v) is 3.60. The number of aliphatic imine (C=N–C) groups is 1. The van der Waals surface area contributed by atoms with Crippen molar-refractivity contribution >= 4 is 34.2 Å². The van der Waals surface area contributed by atoms with Crippen molar-refractivity contribution in [2.75, 3.05) is 0 Å². The highest BCUT2D eigenvalue weighted by atomic mass is 35.5. The maximum Gasteiger partial charge on any atom is 0.159 e. The van der Waals surface area contributed by atoms with Gasteiger partial charge >= 0.3 is 0 Å². The highest BCUT2D eigenvalue weighted by Gasteiger charge is 2.07. The van der Waals surface area contributed by atoms with E-state index in [9.17, 15) is 4.39 Å². The number of thioether (sulfide) groups is 1. The largest absolute Gasteiger partial charge is 0.378 e. The Morgan fingerprint density at radius 2 is 1.89 bits per heavy atom. The van der Waals surface area contributed by atoms with Gasteiger partial charge in [0.1, 0.15) is 5.82 Å². The fourth-order valence-corrected chi connectivity index (χ4v) is 2.54. The summed E-state index contributed by atoms with van der Waals surface area (Å²) in [4.78, 5) is 4.23. The standard InChI is InChI=1S/C14H12ClFN2S/c15-12-7-4-8-13(16)11(12)9-19-14(17)18-10-5-2-1-3-6-10/h1-8H,9H2,(H2,17,18). The van der Waals surface area contributed by atoms with E-state index in [2.05, 4.69) is 4.99 Å². The van der Waals surface area contributed by atoms with Crippen LogP contribution in [0, 0.1) is 5.82 Å². The molecular formula is C14H12ClFN2S. The molecule has 0 aliphatic heterocycles. The van der Waals surface area contributed by atoms with Crippen molar-refractivity contribution in [1.82, 2.24) is 0 Å². The molecule has 0 radical (unpaired) electrons. The number of hydrogen-bond donors (Lipinski definition) is 1. The summed E-state index contributed by atoms with van der Waals surface area (Å²) in [6.07, 6.45) is 0. The molecule has 19 heavy (non-hydrogen) atoms. The van der Waals surface area contributed by atoms with Gasteiger partial charge in [-0.1, -0.05) is 47.6 Å². The molecule has 0 atom stereocenters. The first-order valence-corrected chi connectivity index (χ1v) is 6.98. The fraction of sp³-hybridized carbons (Fsp3) is 0.0714. The first-order valence-electron chi connectivity index (χ1n) is 5.61. The average molecular weight is 295 g/mol. The molecule has 0 saturated heterocycles. The second-order valence-electron chi connectivity index (χ2n) is 3.77. The van der Waals surface area contributed by atoms with E-state index < -0.39 is 0 Å². The summed E-state index contributed by atoms with van der Waals surface area (Å²) in [7, 11) is 0. The van der Waals surface area contributed by atoms with E-state index in [1.165, 1.54) is 17.8 Å². The number of benzene rings is 2. The van der Waals surface area contributed by atoms with Gasteiger partial charge in [-0.15, -0.1) is 0 Å². The van der Waals surface area contributed by atoms with Crippen LogP contribution in [0.25, 0.3) is 0 Å². The number of nitrogens with zero attached hydrogens (tertiary/aromatic N) is 1. The van der Waals surface area contributed by atoms with E-state index >= 15 is 0 Å². The van der Waals surface area contributed by atoms with Crippen molar-refractivity contribution in [1.29, 1.82) is 0 Å². The molecule has 0 aliphatic carbocycles. The minimum atomic E-state index is -0.326. The number of para-hydroxylation sites is 1. The lowest BCUT2D eigenvalue weighted by Gasteiger charge is -2.05. The highest BCUT2D eigenvalue weighted by Crippen LogP contribution is 2.24. The smallest absolute Gasteiger partial charge is 0.159 e. The zero-order valence-corrected chi connectivity index (χ0v) is 11.6. The van der Waals surface area contributed by atoms with E-state index in [4.69, 9.17) is 17.3 Å². The molecule has 0 bridgehead atoms. The maximum absolute atomic E-state index is 13.5. The Morgan fingerprint density at radius 1 is 1.16 bits per heavy atom. The van der Waals surface area contributed by atoms with Crippen LogP contribution in [0.2, 0.25) is 5.02 Å². The minimum absolute atomic E-state index is 0.326. The van der Waals surface area contributed by atoms with Crippen LogP contribution in [0.4, 0.5) is 10.1 Å². The van der Waals surface area contributed by atoms with Gasteiger partial charge < -0.3 is 5.73 Å². The molecule has 2 aromatic carbocycles. The lowest BCUT2D eigenvalue weighted by atomic mass is 10.2. The van der Waals surface area contributed by atoms with Crippen molar-refractivity contribution in [3.63, 3.8) is 0 Å². The maximum atomic E-state index is 13.5. The third kappa shape index (κ3) is 3.98. The Kier molecular flexibility index (Phi) is 4.82. The monoisotopic (exact) mass is 294 g/mol. The van der Waals surface area contributed by atoms with Gasteiger partial charge in [0, 0.05) is 16.3 Å². The summed E-state index contributed by atoms with van der Waals surface area (Å²) >= 11 is 7.20. The third-order valence-electron chi connectivity index (χ3n) is 2.42. The Labute approximate surface area is 120 Å². The molecule has 2 aromatic rings. The quantitative estimate of drug-likeness (QED) is 0.675. The summed E-state index contributed by atoms with van der Waals surface area (Å²) in [6, 6.07) is 14.0. The molecule has 0 aromatic heterocycles. The number of halogens is 2. The van der Waals surface area contributed by atoms with Crippen molar-refractivity contribution in [2.45, 2.75) is 5.75 Å². The molecule has 0 saturated carbocycles. The molecule has 0 unspecified atom stereocenters. The van der Waals surface area contributed by atoms with Gasteiger partial charge in [-0.2, -0.15) is 0 Å². The molecule has 0 fully saturated rings. The van der Waals surface area contributed by atoms with Gasteiger partial charge in [0.05, 0.1) is 5.69 Å². The van der Waals surface area contributed by atoms with E-state index in [1.54, 1.807) is 12.1 Å². The SMILES string of the molecule is NC(=Nc1ccccc1)SCc1c(F)cccc1Cl. The van der Waals surface area contributed by atoms with Crippen molar-refractivity contribution in [3.05, 3.63) is 64.9 Å². The number of hydrogen-bond acceptors (Lipinski definition) is 2. The van der Waals surface area contributed by atoms with Crippen molar-refractivity contribution in [2.24, 2.45) is 10.7 Å². The number of rotatable bonds is 3. The van der Waals surface area contributed by atoms with Crippen LogP contribution in [0.3, 0.4) is 0 Å². The summed E-state index contributed by atoms with van der Waals surface area (Å²) in [5, 5.41) is 0.783. The van der Waals surface area contributed by atoms with Crippen LogP contribution in [0.1, 0.15) is 5.56 Å². The summed E-state index contributed by atoms with van der Waals surface area (Å²) in [6.45, 7) is 0. The molecule has 98 valence electrons. The summed E-state index contributed by atoms with van der Waals surface area (Å²) in [5.41, 5.74) is 7.02. The first kappa shape index (κ1) is 13.9. The Morgan fingerprint density at radius 3 is 2.58 bits per heavy atom. The van der Waals surface area contributed by atoms with Crippen molar-refractivity contribution in [3.8, 4) is 0 Å². The second-order valence-corrected chi connectivity index (χ2v) is 5.18. The normalized spacial score (nSPS) is 11.6. The predicted molar refractivity (Wildman–Crippen MR) is 80.4 cm³/mol. The topological polar surface area (TPSA) is 38.4 Å². The number of amidine groups is 1.